The van der Waals surface area contributed by atoms with E-state index in [0.29, 0.717) is 17.6 Å². The summed E-state index contributed by atoms with van der Waals surface area (Å²) in [5, 5.41) is 8.19. The largest absolute Gasteiger partial charge is 0.270 e. The number of fused-ring (bicyclic) bond motifs is 1. The van der Waals surface area contributed by atoms with E-state index in [1.165, 1.54) is 0 Å². The van der Waals surface area contributed by atoms with Gasteiger partial charge in [0, 0.05) is 18.3 Å². The van der Waals surface area contributed by atoms with Crippen molar-refractivity contribution in [2.24, 2.45) is 5.92 Å². The SMILES string of the molecule is CC(C)C(C)c1nnc2ncccn12. The lowest BCUT2D eigenvalue weighted by molar-refractivity contribution is 0.506. The predicted molar refractivity (Wildman–Crippen MR) is 54.0 cm³/mol. The van der Waals surface area contributed by atoms with Gasteiger partial charge in [0.05, 0.1) is 0 Å². The second kappa shape index (κ2) is 3.36. The van der Waals surface area contributed by atoms with Gasteiger partial charge in [-0.15, -0.1) is 10.2 Å². The van der Waals surface area contributed by atoms with Gasteiger partial charge < -0.3 is 0 Å². The van der Waals surface area contributed by atoms with E-state index in [9.17, 15) is 0 Å². The molecule has 0 N–H and O–H groups in total. The second-order valence-electron chi connectivity index (χ2n) is 3.88. The van der Waals surface area contributed by atoms with E-state index in [2.05, 4.69) is 36.0 Å². The van der Waals surface area contributed by atoms with Crippen LogP contribution in [0.5, 0.6) is 0 Å². The molecule has 0 aliphatic rings. The first-order valence-electron chi connectivity index (χ1n) is 4.86. The van der Waals surface area contributed by atoms with Gasteiger partial charge >= 0.3 is 0 Å². The zero-order valence-electron chi connectivity index (χ0n) is 8.68. The molecule has 4 nitrogen and oxygen atoms in total. The summed E-state index contributed by atoms with van der Waals surface area (Å²) >= 11 is 0. The highest BCUT2D eigenvalue weighted by molar-refractivity contribution is 5.27. The Hall–Kier alpha value is -1.45. The van der Waals surface area contributed by atoms with Gasteiger partial charge in [0.2, 0.25) is 0 Å². The van der Waals surface area contributed by atoms with Gasteiger partial charge in [0.15, 0.2) is 0 Å². The molecule has 1 atom stereocenters. The minimum atomic E-state index is 0.397. The third-order valence-corrected chi connectivity index (χ3v) is 2.62. The van der Waals surface area contributed by atoms with Crippen molar-refractivity contribution in [3.05, 3.63) is 24.3 Å². The smallest absolute Gasteiger partial charge is 0.254 e. The topological polar surface area (TPSA) is 43.1 Å². The van der Waals surface area contributed by atoms with E-state index in [4.69, 9.17) is 0 Å². The minimum Gasteiger partial charge on any atom is -0.270 e. The van der Waals surface area contributed by atoms with Crippen LogP contribution in [0.15, 0.2) is 18.5 Å². The van der Waals surface area contributed by atoms with E-state index >= 15 is 0 Å². The van der Waals surface area contributed by atoms with Crippen molar-refractivity contribution >= 4 is 5.78 Å². The molecule has 0 bridgehead atoms. The van der Waals surface area contributed by atoms with Crippen molar-refractivity contribution in [3.63, 3.8) is 0 Å². The summed E-state index contributed by atoms with van der Waals surface area (Å²) in [5.41, 5.74) is 0. The Balaban J connectivity index is 2.53. The summed E-state index contributed by atoms with van der Waals surface area (Å²) in [6.45, 7) is 6.53. The Kier molecular flexibility index (Phi) is 2.19. The van der Waals surface area contributed by atoms with Crippen LogP contribution in [0.25, 0.3) is 5.78 Å². The van der Waals surface area contributed by atoms with Gasteiger partial charge in [-0.3, -0.25) is 4.40 Å². The van der Waals surface area contributed by atoms with Crippen LogP contribution in [0.4, 0.5) is 0 Å². The molecule has 0 radical (unpaired) electrons. The summed E-state index contributed by atoms with van der Waals surface area (Å²) in [5.74, 6) is 2.62. The van der Waals surface area contributed by atoms with Crippen molar-refractivity contribution in [2.45, 2.75) is 26.7 Å². The maximum Gasteiger partial charge on any atom is 0.254 e. The Labute approximate surface area is 83.0 Å². The van der Waals surface area contributed by atoms with Gasteiger partial charge in [0.1, 0.15) is 5.82 Å². The number of rotatable bonds is 2. The summed E-state index contributed by atoms with van der Waals surface area (Å²) in [6.07, 6.45) is 3.68. The zero-order chi connectivity index (χ0) is 10.1. The van der Waals surface area contributed by atoms with Crippen LogP contribution in [0, 0.1) is 5.92 Å². The standard InChI is InChI=1S/C10H14N4/c1-7(2)8(3)9-12-13-10-11-5-4-6-14(9)10/h4-8H,1-3H3. The van der Waals surface area contributed by atoms with Crippen molar-refractivity contribution < 1.29 is 0 Å². The number of nitrogens with zero attached hydrogens (tertiary/aromatic N) is 4. The summed E-state index contributed by atoms with van der Waals surface area (Å²) in [6, 6.07) is 1.90. The molecule has 0 aliphatic heterocycles. The van der Waals surface area contributed by atoms with Gasteiger partial charge in [-0.25, -0.2) is 4.98 Å². The molecule has 74 valence electrons. The molecule has 0 spiro atoms. The Morgan fingerprint density at radius 3 is 2.71 bits per heavy atom. The monoisotopic (exact) mass is 190 g/mol. The molecule has 0 amide bonds. The molecule has 0 aliphatic carbocycles. The zero-order valence-corrected chi connectivity index (χ0v) is 8.68. The fourth-order valence-corrected chi connectivity index (χ4v) is 1.37. The molecule has 0 saturated carbocycles. The highest BCUT2D eigenvalue weighted by Gasteiger charge is 2.16. The summed E-state index contributed by atoms with van der Waals surface area (Å²) < 4.78 is 1.95. The Morgan fingerprint density at radius 1 is 1.21 bits per heavy atom. The van der Waals surface area contributed by atoms with Gasteiger partial charge in [0.25, 0.3) is 5.78 Å². The van der Waals surface area contributed by atoms with E-state index in [-0.39, 0.29) is 0 Å². The van der Waals surface area contributed by atoms with E-state index in [0.717, 1.165) is 5.82 Å². The normalized spacial score (nSPS) is 13.7. The predicted octanol–water partition coefficient (Wildman–Crippen LogP) is 1.88. The van der Waals surface area contributed by atoms with E-state index in [1.807, 2.05) is 16.7 Å². The molecule has 2 heterocycles. The lowest BCUT2D eigenvalue weighted by Gasteiger charge is -2.12. The van der Waals surface area contributed by atoms with Crippen LogP contribution in [0.3, 0.4) is 0 Å². The van der Waals surface area contributed by atoms with Crippen LogP contribution in [-0.2, 0) is 0 Å². The van der Waals surface area contributed by atoms with Crippen LogP contribution in [0.2, 0.25) is 0 Å². The molecule has 2 aromatic heterocycles. The maximum absolute atomic E-state index is 4.17. The molecule has 2 rings (SSSR count). The van der Waals surface area contributed by atoms with Crippen molar-refractivity contribution in [1.29, 1.82) is 0 Å². The quantitative estimate of drug-likeness (QED) is 0.726. The van der Waals surface area contributed by atoms with Crippen molar-refractivity contribution in [3.8, 4) is 0 Å². The summed E-state index contributed by atoms with van der Waals surface area (Å²) in [7, 11) is 0. The van der Waals surface area contributed by atoms with Crippen LogP contribution in [-0.4, -0.2) is 19.6 Å². The van der Waals surface area contributed by atoms with Crippen LogP contribution >= 0.6 is 0 Å². The molecule has 14 heavy (non-hydrogen) atoms. The Bertz CT molecular complexity index is 432. The van der Waals surface area contributed by atoms with Gasteiger partial charge in [-0.2, -0.15) is 0 Å². The summed E-state index contributed by atoms with van der Waals surface area (Å²) in [4.78, 5) is 4.13. The van der Waals surface area contributed by atoms with Crippen LogP contribution < -0.4 is 0 Å². The lowest BCUT2D eigenvalue weighted by atomic mass is 9.97. The highest BCUT2D eigenvalue weighted by Crippen LogP contribution is 2.21. The number of hydrogen-bond acceptors (Lipinski definition) is 3. The lowest BCUT2D eigenvalue weighted by Crippen LogP contribution is -2.07. The average molecular weight is 190 g/mol. The molecule has 2 aromatic rings. The molecule has 0 fully saturated rings. The Morgan fingerprint density at radius 2 is 2.00 bits per heavy atom. The third kappa shape index (κ3) is 1.36. The van der Waals surface area contributed by atoms with E-state index in [1.54, 1.807) is 6.20 Å². The number of aromatic nitrogens is 4. The second-order valence-corrected chi connectivity index (χ2v) is 3.88. The highest BCUT2D eigenvalue weighted by atomic mass is 15.3. The average Bonchev–Trinajstić information content (AvgIpc) is 2.60. The molecule has 0 aromatic carbocycles. The first-order chi connectivity index (χ1) is 6.70. The fourth-order valence-electron chi connectivity index (χ4n) is 1.37. The molecule has 1 unspecified atom stereocenters. The molecular weight excluding hydrogens is 176 g/mol. The molecular formula is C10H14N4. The van der Waals surface area contributed by atoms with Crippen LogP contribution in [0.1, 0.15) is 32.5 Å². The molecule has 0 saturated heterocycles. The van der Waals surface area contributed by atoms with Gasteiger partial charge in [-0.1, -0.05) is 20.8 Å². The minimum absolute atomic E-state index is 0.397. The number of hydrogen-bond donors (Lipinski definition) is 0. The first kappa shape index (κ1) is 9.12. The van der Waals surface area contributed by atoms with Crippen molar-refractivity contribution in [2.75, 3.05) is 0 Å². The van der Waals surface area contributed by atoms with Crippen molar-refractivity contribution in [1.82, 2.24) is 19.6 Å². The van der Waals surface area contributed by atoms with Gasteiger partial charge in [-0.05, 0) is 12.0 Å². The fraction of sp³-hybridized carbons (Fsp3) is 0.500. The van der Waals surface area contributed by atoms with E-state index < -0.39 is 0 Å². The maximum atomic E-state index is 4.17. The third-order valence-electron chi connectivity index (χ3n) is 2.62. The first-order valence-corrected chi connectivity index (χ1v) is 4.86. The molecule has 4 heteroatoms.